The normalized spacial score (nSPS) is 19.6. The summed E-state index contributed by atoms with van der Waals surface area (Å²) in [5, 5.41) is 10.9. The van der Waals surface area contributed by atoms with Gasteiger partial charge < -0.3 is 26.2 Å². The maximum Gasteiger partial charge on any atom is 0.316 e. The molecular formula is C32H53N5O6. The van der Waals surface area contributed by atoms with Crippen LogP contribution in [0.25, 0.3) is 0 Å². The summed E-state index contributed by atoms with van der Waals surface area (Å²) in [6.45, 7) is 14.9. The van der Waals surface area contributed by atoms with Gasteiger partial charge in [-0.3, -0.25) is 24.0 Å². The number of likely N-dealkylation sites (tertiary alicyclic amines) is 1. The summed E-state index contributed by atoms with van der Waals surface area (Å²) in [6, 6.07) is -4.05. The number of carbonyl (C=O) groups is 6. The minimum atomic E-state index is -1.02. The minimum Gasteiger partial charge on any atom is -0.346 e. The van der Waals surface area contributed by atoms with Gasteiger partial charge in [0, 0.05) is 19.0 Å². The molecule has 2 fully saturated rings. The predicted octanol–water partition coefficient (Wildman–Crippen LogP) is 3.02. The number of rotatable bonds is 14. The first-order valence-corrected chi connectivity index (χ1v) is 15.9. The van der Waals surface area contributed by atoms with Gasteiger partial charge in [-0.25, -0.2) is 4.79 Å². The molecule has 4 N–H and O–H groups in total. The van der Waals surface area contributed by atoms with Gasteiger partial charge in [0.25, 0.3) is 5.91 Å². The summed E-state index contributed by atoms with van der Waals surface area (Å²) in [6.07, 6.45) is 8.14. The van der Waals surface area contributed by atoms with E-state index in [1.807, 2.05) is 41.5 Å². The Labute approximate surface area is 256 Å². The lowest BCUT2D eigenvalue weighted by atomic mass is 9.80. The topological polar surface area (TPSA) is 154 Å². The zero-order chi connectivity index (χ0) is 32.3. The Bertz CT molecular complexity index is 1030. The zero-order valence-corrected chi connectivity index (χ0v) is 26.9. The average molecular weight is 604 g/mol. The van der Waals surface area contributed by atoms with Gasteiger partial charge in [0.05, 0.1) is 12.1 Å². The summed E-state index contributed by atoms with van der Waals surface area (Å²) in [4.78, 5) is 80.2. The number of ketones is 2. The van der Waals surface area contributed by atoms with E-state index >= 15 is 0 Å². The van der Waals surface area contributed by atoms with Crippen LogP contribution in [0, 0.1) is 17.3 Å². The Balaban J connectivity index is 2.19. The molecule has 2 aliphatic rings. The van der Waals surface area contributed by atoms with Crippen LogP contribution in [-0.4, -0.2) is 77.5 Å². The van der Waals surface area contributed by atoms with E-state index in [9.17, 15) is 28.8 Å². The summed E-state index contributed by atoms with van der Waals surface area (Å²) < 4.78 is 0. The first-order chi connectivity index (χ1) is 20.2. The molecule has 1 saturated carbocycles. The summed E-state index contributed by atoms with van der Waals surface area (Å²) in [5.74, 6) is -2.68. The third-order valence-corrected chi connectivity index (χ3v) is 8.35. The molecule has 0 aromatic heterocycles. The Morgan fingerprint density at radius 3 is 2.14 bits per heavy atom. The number of hydrogen-bond donors (Lipinski definition) is 4. The van der Waals surface area contributed by atoms with Crippen molar-refractivity contribution >= 4 is 35.3 Å². The molecule has 11 nitrogen and oxygen atoms in total. The van der Waals surface area contributed by atoms with E-state index in [1.165, 1.54) is 11.0 Å². The maximum absolute atomic E-state index is 13.9. The second-order valence-electron chi connectivity index (χ2n) is 13.3. The van der Waals surface area contributed by atoms with Crippen molar-refractivity contribution in [2.75, 3.05) is 13.1 Å². The van der Waals surface area contributed by atoms with Crippen LogP contribution in [0.2, 0.25) is 0 Å². The quantitative estimate of drug-likeness (QED) is 0.177. The van der Waals surface area contributed by atoms with Crippen LogP contribution in [0.4, 0.5) is 4.79 Å². The Hall–Kier alpha value is -3.24. The van der Waals surface area contributed by atoms with Crippen LogP contribution in [0.1, 0.15) is 99.3 Å². The molecule has 4 atom stereocenters. The van der Waals surface area contributed by atoms with Gasteiger partial charge in [-0.1, -0.05) is 73.3 Å². The number of Topliss-reactive ketones (excluding diaryl/α,β-unsaturated/α-hetero) is 2. The fourth-order valence-electron chi connectivity index (χ4n) is 5.92. The minimum absolute atomic E-state index is 0.0219. The van der Waals surface area contributed by atoms with Gasteiger partial charge in [-0.2, -0.15) is 0 Å². The SMILES string of the molecule is C=CCNC(=O)C(=O)C(CCC)NC(=O)[C@@H]1CCCN1C(=O)C(NC(=O)NC(C(=O)C(C)C)C1CCCCC1)C(C)(C)C. The molecule has 0 bridgehead atoms. The van der Waals surface area contributed by atoms with Crippen LogP contribution in [-0.2, 0) is 24.0 Å². The van der Waals surface area contributed by atoms with Crippen molar-refractivity contribution in [1.29, 1.82) is 0 Å². The van der Waals surface area contributed by atoms with Gasteiger partial charge in [0.2, 0.25) is 17.6 Å². The van der Waals surface area contributed by atoms with Crippen LogP contribution < -0.4 is 21.3 Å². The molecule has 3 unspecified atom stereocenters. The van der Waals surface area contributed by atoms with Crippen LogP contribution >= 0.6 is 0 Å². The zero-order valence-electron chi connectivity index (χ0n) is 26.9. The highest BCUT2D eigenvalue weighted by Crippen LogP contribution is 2.29. The van der Waals surface area contributed by atoms with E-state index in [-0.39, 0.29) is 30.6 Å². The fraction of sp³-hybridized carbons (Fsp3) is 0.750. The van der Waals surface area contributed by atoms with Crippen molar-refractivity contribution in [2.45, 2.75) is 123 Å². The van der Waals surface area contributed by atoms with Gasteiger partial charge in [0.1, 0.15) is 12.1 Å². The molecule has 0 spiro atoms. The van der Waals surface area contributed by atoms with Crippen molar-refractivity contribution in [3.8, 4) is 0 Å². The van der Waals surface area contributed by atoms with E-state index in [1.54, 1.807) is 0 Å². The Morgan fingerprint density at radius 1 is 0.930 bits per heavy atom. The lowest BCUT2D eigenvalue weighted by Crippen LogP contribution is -2.61. The van der Waals surface area contributed by atoms with Gasteiger partial charge >= 0.3 is 6.03 Å². The highest BCUT2D eigenvalue weighted by molar-refractivity contribution is 6.38. The third-order valence-electron chi connectivity index (χ3n) is 8.35. The standard InChI is InChI=1S/C32H53N5O6/c1-8-14-22(26(39)29(41)33-18-9-2)34-28(40)23-17-13-19-37(23)30(42)27(32(5,6)7)36-31(43)35-24(25(38)20(3)4)21-15-11-10-12-16-21/h9,20-24,27H,2,8,10-19H2,1,3-7H3,(H,33,41)(H,34,40)(H2,35,36,43)/t22?,23-,24?,27?/m0/s1. The largest absolute Gasteiger partial charge is 0.346 e. The number of hydrogen-bond acceptors (Lipinski definition) is 6. The molecule has 0 radical (unpaired) electrons. The van der Waals surface area contributed by atoms with Crippen LogP contribution in [0.5, 0.6) is 0 Å². The Morgan fingerprint density at radius 2 is 1.58 bits per heavy atom. The van der Waals surface area contributed by atoms with Gasteiger partial charge in [-0.15, -0.1) is 6.58 Å². The van der Waals surface area contributed by atoms with Crippen molar-refractivity contribution in [1.82, 2.24) is 26.2 Å². The smallest absolute Gasteiger partial charge is 0.316 e. The first kappa shape index (κ1) is 36.0. The Kier molecular flexibility index (Phi) is 13.9. The van der Waals surface area contributed by atoms with Crippen molar-refractivity contribution in [3.63, 3.8) is 0 Å². The molecule has 1 heterocycles. The molecule has 0 aromatic rings. The van der Waals surface area contributed by atoms with E-state index in [0.29, 0.717) is 25.8 Å². The summed E-state index contributed by atoms with van der Waals surface area (Å²) >= 11 is 0. The van der Waals surface area contributed by atoms with E-state index in [4.69, 9.17) is 0 Å². The lowest BCUT2D eigenvalue weighted by Gasteiger charge is -2.36. The number of nitrogens with zero attached hydrogens (tertiary/aromatic N) is 1. The molecule has 0 aromatic carbocycles. The van der Waals surface area contributed by atoms with Crippen molar-refractivity contribution < 1.29 is 28.8 Å². The van der Waals surface area contributed by atoms with E-state index in [0.717, 1.165) is 32.1 Å². The second-order valence-corrected chi connectivity index (χ2v) is 13.3. The number of urea groups is 1. The number of nitrogens with one attached hydrogen (secondary N) is 4. The van der Waals surface area contributed by atoms with Crippen molar-refractivity contribution in [2.24, 2.45) is 17.3 Å². The molecular weight excluding hydrogens is 550 g/mol. The lowest BCUT2D eigenvalue weighted by molar-refractivity contribution is -0.143. The maximum atomic E-state index is 13.9. The number of carbonyl (C=O) groups excluding carboxylic acids is 6. The van der Waals surface area contributed by atoms with Crippen LogP contribution in [0.3, 0.4) is 0 Å². The fourth-order valence-corrected chi connectivity index (χ4v) is 5.92. The van der Waals surface area contributed by atoms with Crippen LogP contribution in [0.15, 0.2) is 12.7 Å². The predicted molar refractivity (Wildman–Crippen MR) is 165 cm³/mol. The van der Waals surface area contributed by atoms with E-state index in [2.05, 4.69) is 27.8 Å². The summed E-state index contributed by atoms with van der Waals surface area (Å²) in [5.41, 5.74) is -0.704. The summed E-state index contributed by atoms with van der Waals surface area (Å²) in [7, 11) is 0. The molecule has 43 heavy (non-hydrogen) atoms. The van der Waals surface area contributed by atoms with E-state index < -0.39 is 59.1 Å². The highest BCUT2D eigenvalue weighted by Gasteiger charge is 2.43. The molecule has 1 aliphatic heterocycles. The molecule has 2 rings (SSSR count). The average Bonchev–Trinajstić information content (AvgIpc) is 3.46. The van der Waals surface area contributed by atoms with Gasteiger partial charge in [0.15, 0.2) is 5.78 Å². The molecule has 1 saturated heterocycles. The van der Waals surface area contributed by atoms with Crippen molar-refractivity contribution in [3.05, 3.63) is 12.7 Å². The molecule has 1 aliphatic carbocycles. The molecule has 242 valence electrons. The first-order valence-electron chi connectivity index (χ1n) is 15.9. The number of amides is 5. The highest BCUT2D eigenvalue weighted by atomic mass is 16.2. The van der Waals surface area contributed by atoms with Gasteiger partial charge in [-0.05, 0) is 43.4 Å². The molecule has 11 heteroatoms. The monoisotopic (exact) mass is 603 g/mol. The second kappa shape index (κ2) is 16.6. The molecule has 5 amide bonds. The third kappa shape index (κ3) is 10.2.